The van der Waals surface area contributed by atoms with Crippen molar-refractivity contribution < 1.29 is 9.59 Å². The van der Waals surface area contributed by atoms with Crippen LogP contribution in [0.25, 0.3) is 10.8 Å². The fourth-order valence-corrected chi connectivity index (χ4v) is 2.74. The highest BCUT2D eigenvalue weighted by Crippen LogP contribution is 2.13. The van der Waals surface area contributed by atoms with Crippen molar-refractivity contribution in [3.63, 3.8) is 0 Å². The molecule has 2 N–H and O–H groups in total. The van der Waals surface area contributed by atoms with E-state index in [0.29, 0.717) is 29.3 Å². The quantitative estimate of drug-likeness (QED) is 0.674. The Morgan fingerprint density at radius 3 is 2.50 bits per heavy atom. The lowest BCUT2D eigenvalue weighted by molar-refractivity contribution is 0.0843. The second-order valence-electron chi connectivity index (χ2n) is 6.02. The summed E-state index contributed by atoms with van der Waals surface area (Å²) in [5.41, 5.74) is 4.95. The number of amides is 2. The Labute approximate surface area is 160 Å². The minimum Gasteiger partial charge on any atom is -0.267 e. The molecule has 2 amide bonds. The highest BCUT2D eigenvalue weighted by molar-refractivity contribution is 6.06. The zero-order chi connectivity index (χ0) is 20.1. The van der Waals surface area contributed by atoms with Crippen LogP contribution < -0.4 is 16.4 Å². The Kier molecular flexibility index (Phi) is 5.46. The normalized spacial score (nSPS) is 10.3. The number of carbonyl (C=O) groups is 2. The molecule has 1 aromatic heterocycles. The van der Waals surface area contributed by atoms with E-state index in [9.17, 15) is 14.4 Å². The number of fused-ring (bicyclic) bond motifs is 1. The molecule has 3 rings (SSSR count). The predicted octanol–water partition coefficient (Wildman–Crippen LogP) is 1.75. The van der Waals surface area contributed by atoms with Gasteiger partial charge in [-0.15, -0.1) is 0 Å². The molecule has 3 aromatic rings. The van der Waals surface area contributed by atoms with Gasteiger partial charge in [0.15, 0.2) is 5.69 Å². The number of nitrogens with zero attached hydrogens (tertiary/aromatic N) is 3. The zero-order valence-electron chi connectivity index (χ0n) is 15.1. The maximum absolute atomic E-state index is 12.6. The Morgan fingerprint density at radius 2 is 1.79 bits per heavy atom. The molecule has 0 aliphatic carbocycles. The number of nitrogens with one attached hydrogen (secondary N) is 2. The molecule has 2 aromatic carbocycles. The molecule has 0 aliphatic heterocycles. The van der Waals surface area contributed by atoms with E-state index in [2.05, 4.69) is 16.0 Å². The van der Waals surface area contributed by atoms with E-state index >= 15 is 0 Å². The number of hydrogen-bond acceptors (Lipinski definition) is 5. The molecule has 0 saturated carbocycles. The third-order valence-electron chi connectivity index (χ3n) is 4.06. The van der Waals surface area contributed by atoms with E-state index < -0.39 is 11.8 Å². The third kappa shape index (κ3) is 3.73. The summed E-state index contributed by atoms with van der Waals surface area (Å²) in [7, 11) is 0. The van der Waals surface area contributed by atoms with Gasteiger partial charge in [0.05, 0.1) is 17.0 Å². The molecule has 0 spiro atoms. The topological polar surface area (TPSA) is 117 Å². The summed E-state index contributed by atoms with van der Waals surface area (Å²) in [5.74, 6) is -1.22. The number of benzene rings is 2. The predicted molar refractivity (Wildman–Crippen MR) is 102 cm³/mol. The van der Waals surface area contributed by atoms with Crippen molar-refractivity contribution in [1.29, 1.82) is 5.26 Å². The second-order valence-corrected chi connectivity index (χ2v) is 6.02. The lowest BCUT2D eigenvalue weighted by atomic mass is 10.1. The number of carbonyl (C=O) groups excluding carboxylic acids is 2. The molecule has 0 fully saturated rings. The Bertz CT molecular complexity index is 1160. The molecule has 8 heteroatoms. The van der Waals surface area contributed by atoms with E-state index in [0.717, 1.165) is 0 Å². The largest absolute Gasteiger partial charge is 0.290 e. The number of aryl methyl sites for hydroxylation is 1. The zero-order valence-corrected chi connectivity index (χ0v) is 15.1. The molecule has 0 radical (unpaired) electrons. The first-order valence-electron chi connectivity index (χ1n) is 8.66. The van der Waals surface area contributed by atoms with Gasteiger partial charge in [-0.2, -0.15) is 10.4 Å². The van der Waals surface area contributed by atoms with Gasteiger partial charge in [0, 0.05) is 17.5 Å². The van der Waals surface area contributed by atoms with Crippen LogP contribution in [0.5, 0.6) is 0 Å². The van der Waals surface area contributed by atoms with Crippen molar-refractivity contribution in [3.8, 4) is 6.07 Å². The van der Waals surface area contributed by atoms with Gasteiger partial charge in [0.25, 0.3) is 17.4 Å². The summed E-state index contributed by atoms with van der Waals surface area (Å²) in [6.45, 7) is 2.27. The monoisotopic (exact) mass is 375 g/mol. The van der Waals surface area contributed by atoms with Crippen molar-refractivity contribution in [2.24, 2.45) is 0 Å². The van der Waals surface area contributed by atoms with Gasteiger partial charge in [-0.25, -0.2) is 4.68 Å². The number of rotatable bonds is 4. The van der Waals surface area contributed by atoms with Crippen LogP contribution in [0.2, 0.25) is 0 Å². The highest BCUT2D eigenvalue weighted by Gasteiger charge is 2.17. The molecule has 140 valence electrons. The van der Waals surface area contributed by atoms with Gasteiger partial charge in [-0.1, -0.05) is 31.2 Å². The molecule has 0 bridgehead atoms. The van der Waals surface area contributed by atoms with Crippen molar-refractivity contribution in [1.82, 2.24) is 20.6 Å². The average Bonchev–Trinajstić information content (AvgIpc) is 2.74. The summed E-state index contributed by atoms with van der Waals surface area (Å²) >= 11 is 0. The third-order valence-corrected chi connectivity index (χ3v) is 4.06. The van der Waals surface area contributed by atoms with Crippen LogP contribution >= 0.6 is 0 Å². The number of hydrogen-bond donors (Lipinski definition) is 2. The van der Waals surface area contributed by atoms with Crippen molar-refractivity contribution in [2.45, 2.75) is 19.9 Å². The summed E-state index contributed by atoms with van der Waals surface area (Å²) in [6, 6.07) is 14.7. The molecule has 0 aliphatic rings. The Hall–Kier alpha value is -3.99. The molecule has 0 saturated heterocycles. The number of hydrazine groups is 1. The molecule has 1 heterocycles. The molecular formula is C20H17N5O3. The van der Waals surface area contributed by atoms with Gasteiger partial charge in [-0.05, 0) is 30.7 Å². The minimum atomic E-state index is -0.647. The minimum absolute atomic E-state index is 0.0368. The Balaban J connectivity index is 1.87. The summed E-state index contributed by atoms with van der Waals surface area (Å²) in [6.07, 6.45) is 0.679. The first kappa shape index (κ1) is 18.8. The summed E-state index contributed by atoms with van der Waals surface area (Å²) in [4.78, 5) is 37.3. The van der Waals surface area contributed by atoms with Crippen LogP contribution in [-0.4, -0.2) is 21.6 Å². The van der Waals surface area contributed by atoms with Crippen LogP contribution in [0.4, 0.5) is 0 Å². The molecule has 0 unspecified atom stereocenters. The standard InChI is InChI=1S/C20H17N5O3/c1-2-10-25-20(28)16-9-4-3-8-15(16)17(24-25)19(27)23-22-18(26)14-7-5-6-13(11-14)12-21/h3-9,11H,2,10H2,1H3,(H,22,26)(H,23,27). The van der Waals surface area contributed by atoms with E-state index in [1.807, 2.05) is 13.0 Å². The van der Waals surface area contributed by atoms with Gasteiger partial charge in [-0.3, -0.25) is 25.2 Å². The molecular weight excluding hydrogens is 358 g/mol. The number of nitriles is 1. The van der Waals surface area contributed by atoms with E-state index in [4.69, 9.17) is 5.26 Å². The maximum atomic E-state index is 12.6. The smallest absolute Gasteiger partial charge is 0.267 e. The lowest BCUT2D eigenvalue weighted by Crippen LogP contribution is -2.42. The second kappa shape index (κ2) is 8.14. The summed E-state index contributed by atoms with van der Waals surface area (Å²) < 4.78 is 1.25. The van der Waals surface area contributed by atoms with E-state index in [-0.39, 0.29) is 16.8 Å². The molecule has 28 heavy (non-hydrogen) atoms. The highest BCUT2D eigenvalue weighted by atomic mass is 16.2. The number of aromatic nitrogens is 2. The van der Waals surface area contributed by atoms with Crippen molar-refractivity contribution in [2.75, 3.05) is 0 Å². The van der Waals surface area contributed by atoms with Crippen LogP contribution in [0.15, 0.2) is 53.3 Å². The fraction of sp³-hybridized carbons (Fsp3) is 0.150. The lowest BCUT2D eigenvalue weighted by Gasteiger charge is -2.11. The van der Waals surface area contributed by atoms with Crippen LogP contribution in [0.1, 0.15) is 39.8 Å². The van der Waals surface area contributed by atoms with Crippen LogP contribution in [0.3, 0.4) is 0 Å². The van der Waals surface area contributed by atoms with Gasteiger partial charge >= 0.3 is 0 Å². The van der Waals surface area contributed by atoms with E-state index in [1.54, 1.807) is 36.4 Å². The average molecular weight is 375 g/mol. The first-order valence-corrected chi connectivity index (χ1v) is 8.66. The summed E-state index contributed by atoms with van der Waals surface area (Å²) in [5, 5.41) is 13.9. The van der Waals surface area contributed by atoms with Crippen molar-refractivity contribution in [3.05, 3.63) is 75.7 Å². The SMILES string of the molecule is CCCn1nc(C(=O)NNC(=O)c2cccc(C#N)c2)c2ccccc2c1=O. The van der Waals surface area contributed by atoms with Gasteiger partial charge in [0.2, 0.25) is 0 Å². The molecule has 8 nitrogen and oxygen atoms in total. The van der Waals surface area contributed by atoms with E-state index in [1.165, 1.54) is 16.8 Å². The van der Waals surface area contributed by atoms with Crippen molar-refractivity contribution >= 4 is 22.6 Å². The molecule has 0 atom stereocenters. The van der Waals surface area contributed by atoms with Crippen LogP contribution in [0, 0.1) is 11.3 Å². The van der Waals surface area contributed by atoms with Gasteiger partial charge in [0.1, 0.15) is 0 Å². The first-order chi connectivity index (χ1) is 13.5. The maximum Gasteiger partial charge on any atom is 0.290 e. The fourth-order valence-electron chi connectivity index (χ4n) is 2.74. The Morgan fingerprint density at radius 1 is 1.07 bits per heavy atom. The van der Waals surface area contributed by atoms with Gasteiger partial charge < -0.3 is 0 Å². The van der Waals surface area contributed by atoms with Crippen LogP contribution in [-0.2, 0) is 6.54 Å².